The van der Waals surface area contributed by atoms with E-state index in [1.165, 1.54) is 12.1 Å². The number of fused-ring (bicyclic) bond motifs is 1. The molecule has 0 bridgehead atoms. The number of aromatic amines is 2. The molecule has 0 aliphatic rings. The van der Waals surface area contributed by atoms with Gasteiger partial charge in [-0.1, -0.05) is 18.2 Å². The maximum atomic E-state index is 11.5. The van der Waals surface area contributed by atoms with Gasteiger partial charge in [0.25, 0.3) is 5.69 Å². The lowest BCUT2D eigenvalue weighted by atomic mass is 10.1. The molecule has 0 saturated heterocycles. The molecular formula is C15H13BrN4O4. The zero-order chi connectivity index (χ0) is 16.4. The molecule has 0 saturated carbocycles. The average molecular weight is 393 g/mol. The van der Waals surface area contributed by atoms with E-state index in [1.54, 1.807) is 0 Å². The van der Waals surface area contributed by atoms with Crippen LogP contribution in [0.3, 0.4) is 0 Å². The summed E-state index contributed by atoms with van der Waals surface area (Å²) < 4.78 is 0. The highest BCUT2D eigenvalue weighted by atomic mass is 79.9. The number of benzene rings is 2. The van der Waals surface area contributed by atoms with E-state index in [-0.39, 0.29) is 34.7 Å². The topological polar surface area (TPSA) is 121 Å². The molecule has 3 N–H and O–H groups in total. The molecule has 9 heteroatoms. The quantitative estimate of drug-likeness (QED) is 0.357. The van der Waals surface area contributed by atoms with Gasteiger partial charge in [-0.25, -0.2) is 0 Å². The average Bonchev–Trinajstić information content (AvgIpc) is 2.54. The van der Waals surface area contributed by atoms with Gasteiger partial charge in [0.1, 0.15) is 0 Å². The van der Waals surface area contributed by atoms with Crippen molar-refractivity contribution in [3.63, 3.8) is 0 Å². The van der Waals surface area contributed by atoms with E-state index in [4.69, 9.17) is 0 Å². The van der Waals surface area contributed by atoms with Crippen LogP contribution in [0.25, 0.3) is 11.0 Å². The number of hydrogen-bond acceptors (Lipinski definition) is 5. The number of non-ortho nitro benzene ring substituents is 1. The molecule has 1 aromatic heterocycles. The summed E-state index contributed by atoms with van der Waals surface area (Å²) in [6.45, 7) is 0.254. The van der Waals surface area contributed by atoms with Gasteiger partial charge in [0.05, 0.1) is 16.0 Å². The fraction of sp³-hybridized carbons (Fsp3) is 0.0667. The van der Waals surface area contributed by atoms with Crippen LogP contribution in [0.15, 0.2) is 52.1 Å². The summed E-state index contributed by atoms with van der Waals surface area (Å²) in [6, 6.07) is 11.9. The first-order valence-corrected chi connectivity index (χ1v) is 6.77. The lowest BCUT2D eigenvalue weighted by Gasteiger charge is -2.09. The van der Waals surface area contributed by atoms with Crippen LogP contribution >= 0.6 is 17.0 Å². The van der Waals surface area contributed by atoms with E-state index in [1.807, 2.05) is 30.3 Å². The van der Waals surface area contributed by atoms with Gasteiger partial charge >= 0.3 is 11.1 Å². The summed E-state index contributed by atoms with van der Waals surface area (Å²) in [5.74, 6) is 0. The number of rotatable bonds is 4. The molecule has 3 rings (SSSR count). The van der Waals surface area contributed by atoms with Gasteiger partial charge in [-0.3, -0.25) is 19.7 Å². The third-order valence-corrected chi connectivity index (χ3v) is 3.37. The molecule has 0 amide bonds. The predicted molar refractivity (Wildman–Crippen MR) is 95.9 cm³/mol. The lowest BCUT2D eigenvalue weighted by molar-refractivity contribution is -0.384. The molecule has 0 atom stereocenters. The summed E-state index contributed by atoms with van der Waals surface area (Å²) in [5.41, 5.74) is 0.111. The van der Waals surface area contributed by atoms with Gasteiger partial charge in [0.15, 0.2) is 0 Å². The molecule has 0 radical (unpaired) electrons. The van der Waals surface area contributed by atoms with Crippen LogP contribution in [-0.4, -0.2) is 14.9 Å². The summed E-state index contributed by atoms with van der Waals surface area (Å²) in [7, 11) is 0. The summed E-state index contributed by atoms with van der Waals surface area (Å²) >= 11 is 0. The number of para-hydroxylation sites is 1. The first-order valence-electron chi connectivity index (χ1n) is 6.77. The van der Waals surface area contributed by atoms with Crippen LogP contribution in [0.5, 0.6) is 0 Å². The Bertz CT molecular complexity index is 998. The second-order valence-electron chi connectivity index (χ2n) is 4.91. The van der Waals surface area contributed by atoms with E-state index >= 15 is 0 Å². The molecule has 124 valence electrons. The molecule has 0 unspecified atom stereocenters. The predicted octanol–water partition coefficient (Wildman–Crippen LogP) is 2.31. The maximum Gasteiger partial charge on any atom is 0.314 e. The first kappa shape index (κ1) is 17.4. The zero-order valence-electron chi connectivity index (χ0n) is 12.2. The van der Waals surface area contributed by atoms with Crippen molar-refractivity contribution in [3.05, 3.63) is 78.8 Å². The Kier molecular flexibility index (Phi) is 5.14. The Labute approximate surface area is 145 Å². The van der Waals surface area contributed by atoms with E-state index in [0.717, 1.165) is 5.69 Å². The number of nitro benzene ring substituents is 1. The van der Waals surface area contributed by atoms with Gasteiger partial charge < -0.3 is 15.3 Å². The number of halogens is 1. The lowest BCUT2D eigenvalue weighted by Crippen LogP contribution is -2.29. The number of H-pyrrole nitrogens is 2. The molecule has 24 heavy (non-hydrogen) atoms. The number of aromatic nitrogens is 2. The minimum Gasteiger partial charge on any atom is -0.381 e. The maximum absolute atomic E-state index is 11.5. The van der Waals surface area contributed by atoms with Crippen LogP contribution in [0.4, 0.5) is 11.4 Å². The van der Waals surface area contributed by atoms with E-state index in [2.05, 4.69) is 15.3 Å². The van der Waals surface area contributed by atoms with Gasteiger partial charge in [-0.2, -0.15) is 0 Å². The van der Waals surface area contributed by atoms with Crippen molar-refractivity contribution in [1.29, 1.82) is 0 Å². The van der Waals surface area contributed by atoms with Crippen molar-refractivity contribution in [2.45, 2.75) is 6.54 Å². The molecule has 0 aliphatic heterocycles. The SMILES string of the molecule is Br.O=c1[nH]c2cc([N+](=O)[O-])cc(CNc3ccccc3)c2[nH]c1=O. The fourth-order valence-electron chi connectivity index (χ4n) is 2.28. The fourth-order valence-corrected chi connectivity index (χ4v) is 2.28. The van der Waals surface area contributed by atoms with Gasteiger partial charge in [-0.15, -0.1) is 17.0 Å². The Hall–Kier alpha value is -2.94. The summed E-state index contributed by atoms with van der Waals surface area (Å²) in [4.78, 5) is 38.3. The minimum atomic E-state index is -0.847. The number of nitro groups is 1. The van der Waals surface area contributed by atoms with Crippen molar-refractivity contribution in [2.24, 2.45) is 0 Å². The minimum absolute atomic E-state index is 0. The third-order valence-electron chi connectivity index (χ3n) is 3.37. The largest absolute Gasteiger partial charge is 0.381 e. The molecule has 0 aliphatic carbocycles. The van der Waals surface area contributed by atoms with E-state index in [0.29, 0.717) is 11.1 Å². The number of nitrogens with one attached hydrogen (secondary N) is 3. The van der Waals surface area contributed by atoms with Crippen molar-refractivity contribution in [2.75, 3.05) is 5.32 Å². The van der Waals surface area contributed by atoms with Crippen molar-refractivity contribution >= 4 is 39.4 Å². The highest BCUT2D eigenvalue weighted by Crippen LogP contribution is 2.22. The molecular weight excluding hydrogens is 380 g/mol. The summed E-state index contributed by atoms with van der Waals surface area (Å²) in [5, 5.41) is 14.2. The number of nitrogens with zero attached hydrogens (tertiary/aromatic N) is 1. The van der Waals surface area contributed by atoms with Crippen molar-refractivity contribution < 1.29 is 4.92 Å². The summed E-state index contributed by atoms with van der Waals surface area (Å²) in [6.07, 6.45) is 0. The van der Waals surface area contributed by atoms with Crippen molar-refractivity contribution in [1.82, 2.24) is 9.97 Å². The molecule has 2 aromatic carbocycles. The molecule has 0 spiro atoms. The van der Waals surface area contributed by atoms with Crippen LogP contribution in [-0.2, 0) is 6.54 Å². The standard InChI is InChI=1S/C15H12N4O4.BrH/c20-14-15(21)18-13-9(8-16-10-4-2-1-3-5-10)6-11(19(22)23)7-12(13)17-14;/h1-7,16H,8H2,(H,17,20)(H,18,21);1H. The second kappa shape index (κ2) is 7.09. The number of anilines is 1. The molecule has 0 fully saturated rings. The van der Waals surface area contributed by atoms with Crippen LogP contribution in [0.2, 0.25) is 0 Å². The highest BCUT2D eigenvalue weighted by molar-refractivity contribution is 8.93. The molecule has 3 aromatic rings. The monoisotopic (exact) mass is 392 g/mol. The normalized spacial score (nSPS) is 10.2. The first-order chi connectivity index (χ1) is 11.0. The Morgan fingerprint density at radius 1 is 1.04 bits per heavy atom. The van der Waals surface area contributed by atoms with Crippen LogP contribution in [0.1, 0.15) is 5.56 Å². The van der Waals surface area contributed by atoms with Crippen LogP contribution in [0, 0.1) is 10.1 Å². The van der Waals surface area contributed by atoms with Gasteiger partial charge in [-0.05, 0) is 12.1 Å². The number of hydrogen-bond donors (Lipinski definition) is 3. The smallest absolute Gasteiger partial charge is 0.314 e. The van der Waals surface area contributed by atoms with Gasteiger partial charge in [0.2, 0.25) is 0 Å². The van der Waals surface area contributed by atoms with E-state index in [9.17, 15) is 19.7 Å². The van der Waals surface area contributed by atoms with Gasteiger partial charge in [0, 0.05) is 29.9 Å². The Morgan fingerprint density at radius 2 is 1.71 bits per heavy atom. The molecule has 8 nitrogen and oxygen atoms in total. The molecule has 1 heterocycles. The van der Waals surface area contributed by atoms with Crippen LogP contribution < -0.4 is 16.4 Å². The highest BCUT2D eigenvalue weighted by Gasteiger charge is 2.13. The van der Waals surface area contributed by atoms with Crippen molar-refractivity contribution in [3.8, 4) is 0 Å². The Morgan fingerprint density at radius 3 is 2.38 bits per heavy atom. The third kappa shape index (κ3) is 3.51. The zero-order valence-corrected chi connectivity index (χ0v) is 14.0. The second-order valence-corrected chi connectivity index (χ2v) is 4.91. The van der Waals surface area contributed by atoms with E-state index < -0.39 is 16.0 Å². The Balaban J connectivity index is 0.00000208.